The Morgan fingerprint density at radius 1 is 1.38 bits per heavy atom. The largest absolute Gasteiger partial charge is 0.369 e. The molecule has 24 heavy (non-hydrogen) atoms. The van der Waals surface area contributed by atoms with Crippen LogP contribution in [-0.4, -0.2) is 63.1 Å². The first-order chi connectivity index (χ1) is 11.5. The topological polar surface area (TPSA) is 60.0 Å². The van der Waals surface area contributed by atoms with Crippen LogP contribution >= 0.6 is 11.6 Å². The van der Waals surface area contributed by atoms with Gasteiger partial charge >= 0.3 is 0 Å². The lowest BCUT2D eigenvalue weighted by atomic mass is 10.3. The molecule has 0 spiro atoms. The average Bonchev–Trinajstić information content (AvgIpc) is 3.01. The summed E-state index contributed by atoms with van der Waals surface area (Å²) in [5.74, 6) is 0.678. The molecule has 1 saturated heterocycles. The van der Waals surface area contributed by atoms with E-state index >= 15 is 0 Å². The Balaban J connectivity index is 1.92. The molecule has 1 unspecified atom stereocenters. The number of likely N-dealkylation sites (N-methyl/N-ethyl adjacent to an activating group) is 1. The van der Waals surface area contributed by atoms with E-state index in [2.05, 4.69) is 20.5 Å². The molecule has 1 atom stereocenters. The van der Waals surface area contributed by atoms with Crippen LogP contribution in [0.4, 0.5) is 5.69 Å². The van der Waals surface area contributed by atoms with E-state index in [9.17, 15) is 4.79 Å². The van der Waals surface area contributed by atoms with Gasteiger partial charge in [0.25, 0.3) is 0 Å². The number of anilines is 1. The molecule has 1 amide bonds. The average molecular weight is 352 g/mol. The fraction of sp³-hybridized carbons (Fsp3) is 0.529. The molecule has 1 aromatic rings. The first-order valence-electron chi connectivity index (χ1n) is 8.25. The highest BCUT2D eigenvalue weighted by Gasteiger charge is 2.23. The highest BCUT2D eigenvalue weighted by atomic mass is 35.5. The molecule has 6 nitrogen and oxygen atoms in total. The minimum Gasteiger partial charge on any atom is -0.369 e. The predicted molar refractivity (Wildman–Crippen MR) is 99.9 cm³/mol. The molecule has 0 saturated carbocycles. The molecule has 132 valence electrons. The molecule has 0 aromatic heterocycles. The minimum absolute atomic E-state index is 0.0126. The molecule has 2 rings (SSSR count). The zero-order valence-electron chi connectivity index (χ0n) is 14.6. The van der Waals surface area contributed by atoms with Crippen molar-refractivity contribution < 1.29 is 4.79 Å². The van der Waals surface area contributed by atoms with Crippen LogP contribution in [0.5, 0.6) is 0 Å². The first kappa shape index (κ1) is 18.4. The molecule has 0 aliphatic carbocycles. The van der Waals surface area contributed by atoms with Crippen molar-refractivity contribution >= 4 is 29.2 Å². The summed E-state index contributed by atoms with van der Waals surface area (Å²) in [6.07, 6.45) is 1.02. The van der Waals surface area contributed by atoms with E-state index in [0.29, 0.717) is 12.0 Å². The lowest BCUT2D eigenvalue weighted by Gasteiger charge is -2.20. The molecule has 1 aliphatic rings. The summed E-state index contributed by atoms with van der Waals surface area (Å²) in [4.78, 5) is 19.9. The molecule has 2 N–H and O–H groups in total. The van der Waals surface area contributed by atoms with E-state index in [1.54, 1.807) is 19.0 Å². The van der Waals surface area contributed by atoms with Crippen LogP contribution in [0.2, 0.25) is 5.02 Å². The summed E-state index contributed by atoms with van der Waals surface area (Å²) >= 11 is 5.95. The van der Waals surface area contributed by atoms with Gasteiger partial charge in [-0.25, -0.2) is 4.99 Å². The van der Waals surface area contributed by atoms with Crippen LogP contribution in [-0.2, 0) is 4.79 Å². The second kappa shape index (κ2) is 8.78. The van der Waals surface area contributed by atoms with Crippen LogP contribution in [0, 0.1) is 0 Å². The fourth-order valence-corrected chi connectivity index (χ4v) is 2.69. The lowest BCUT2D eigenvalue weighted by molar-refractivity contribution is -0.127. The minimum atomic E-state index is -0.0126. The molecule has 1 aromatic carbocycles. The number of benzene rings is 1. The summed E-state index contributed by atoms with van der Waals surface area (Å²) < 4.78 is 0. The summed E-state index contributed by atoms with van der Waals surface area (Å²) in [6, 6.07) is 8.21. The number of hydrogen-bond acceptors (Lipinski definition) is 3. The Bertz CT molecular complexity index is 573. The van der Waals surface area contributed by atoms with Gasteiger partial charge in [0.2, 0.25) is 5.91 Å². The number of nitrogens with zero attached hydrogens (tertiary/aromatic N) is 3. The maximum absolute atomic E-state index is 11.7. The normalized spacial score (nSPS) is 17.8. The van der Waals surface area contributed by atoms with Gasteiger partial charge in [-0.05, 0) is 37.6 Å². The van der Waals surface area contributed by atoms with Crippen molar-refractivity contribution in [1.29, 1.82) is 0 Å². The van der Waals surface area contributed by atoms with Crippen molar-refractivity contribution in [1.82, 2.24) is 15.5 Å². The number of nitrogens with one attached hydrogen (secondary N) is 2. The SMILES string of the molecule is CCNC(=NCC(=O)N(C)C)NC1CCN(c2ccc(Cl)cc2)C1. The summed E-state index contributed by atoms with van der Waals surface area (Å²) in [7, 11) is 3.47. The van der Waals surface area contributed by atoms with Crippen LogP contribution < -0.4 is 15.5 Å². The van der Waals surface area contributed by atoms with Gasteiger partial charge in [0.1, 0.15) is 6.54 Å². The van der Waals surface area contributed by atoms with Gasteiger partial charge in [-0.2, -0.15) is 0 Å². The van der Waals surface area contributed by atoms with E-state index < -0.39 is 0 Å². The Morgan fingerprint density at radius 2 is 2.08 bits per heavy atom. The third-order valence-corrected chi connectivity index (χ3v) is 4.19. The van der Waals surface area contributed by atoms with Gasteiger partial charge in [-0.15, -0.1) is 0 Å². The summed E-state index contributed by atoms with van der Waals surface area (Å²) in [5, 5.41) is 7.37. The molecule has 0 bridgehead atoms. The second-order valence-corrected chi connectivity index (χ2v) is 6.47. The summed E-state index contributed by atoms with van der Waals surface area (Å²) in [5.41, 5.74) is 1.17. The Morgan fingerprint density at radius 3 is 2.71 bits per heavy atom. The van der Waals surface area contributed by atoms with E-state index in [1.165, 1.54) is 5.69 Å². The highest BCUT2D eigenvalue weighted by molar-refractivity contribution is 6.30. The Kier molecular flexibility index (Phi) is 6.73. The zero-order chi connectivity index (χ0) is 17.5. The monoisotopic (exact) mass is 351 g/mol. The molecule has 1 fully saturated rings. The van der Waals surface area contributed by atoms with Gasteiger partial charge in [0, 0.05) is 50.5 Å². The van der Waals surface area contributed by atoms with Gasteiger partial charge < -0.3 is 20.4 Å². The quantitative estimate of drug-likeness (QED) is 0.624. The number of carbonyl (C=O) groups excluding carboxylic acids is 1. The third-order valence-electron chi connectivity index (χ3n) is 3.94. The van der Waals surface area contributed by atoms with Gasteiger partial charge in [0.05, 0.1) is 0 Å². The maximum atomic E-state index is 11.7. The van der Waals surface area contributed by atoms with E-state index in [1.807, 2.05) is 31.2 Å². The first-order valence-corrected chi connectivity index (χ1v) is 8.63. The third kappa shape index (κ3) is 5.30. The molecule has 7 heteroatoms. The van der Waals surface area contributed by atoms with Gasteiger partial charge in [-0.1, -0.05) is 11.6 Å². The molecular formula is C17H26ClN5O. The number of guanidine groups is 1. The van der Waals surface area contributed by atoms with E-state index in [0.717, 1.165) is 31.1 Å². The van der Waals surface area contributed by atoms with Crippen LogP contribution in [0.3, 0.4) is 0 Å². The number of halogens is 1. The van der Waals surface area contributed by atoms with Crippen molar-refractivity contribution in [2.45, 2.75) is 19.4 Å². The molecule has 1 aliphatic heterocycles. The van der Waals surface area contributed by atoms with Crippen molar-refractivity contribution in [3.05, 3.63) is 29.3 Å². The number of hydrogen-bond donors (Lipinski definition) is 2. The van der Waals surface area contributed by atoms with Crippen molar-refractivity contribution in [3.63, 3.8) is 0 Å². The molecule has 1 heterocycles. The molecule has 0 radical (unpaired) electrons. The summed E-state index contributed by atoms with van der Waals surface area (Å²) in [6.45, 7) is 4.80. The standard InChI is InChI=1S/C17H26ClN5O/c1-4-19-17(20-11-16(24)22(2)3)21-14-9-10-23(12-14)15-7-5-13(18)6-8-15/h5-8,14H,4,9-12H2,1-3H3,(H2,19,20,21). The number of amides is 1. The number of rotatable bonds is 5. The fourth-order valence-electron chi connectivity index (χ4n) is 2.57. The molecular weight excluding hydrogens is 326 g/mol. The van der Waals surface area contributed by atoms with Crippen molar-refractivity contribution in [2.24, 2.45) is 4.99 Å². The number of carbonyl (C=O) groups is 1. The van der Waals surface area contributed by atoms with Crippen LogP contribution in [0.1, 0.15) is 13.3 Å². The van der Waals surface area contributed by atoms with E-state index in [4.69, 9.17) is 11.6 Å². The van der Waals surface area contributed by atoms with Gasteiger partial charge in [-0.3, -0.25) is 4.79 Å². The zero-order valence-corrected chi connectivity index (χ0v) is 15.3. The van der Waals surface area contributed by atoms with Gasteiger partial charge in [0.15, 0.2) is 5.96 Å². The van der Waals surface area contributed by atoms with Crippen LogP contribution in [0.25, 0.3) is 0 Å². The maximum Gasteiger partial charge on any atom is 0.243 e. The Hall–Kier alpha value is -1.95. The second-order valence-electron chi connectivity index (χ2n) is 6.04. The lowest BCUT2D eigenvalue weighted by Crippen LogP contribution is -2.45. The number of aliphatic imine (C=N–C) groups is 1. The highest BCUT2D eigenvalue weighted by Crippen LogP contribution is 2.22. The van der Waals surface area contributed by atoms with Crippen molar-refractivity contribution in [3.8, 4) is 0 Å². The smallest absolute Gasteiger partial charge is 0.243 e. The van der Waals surface area contributed by atoms with Crippen LogP contribution in [0.15, 0.2) is 29.3 Å². The Labute approximate surface area is 148 Å². The predicted octanol–water partition coefficient (Wildman–Crippen LogP) is 1.56. The van der Waals surface area contributed by atoms with Crippen molar-refractivity contribution in [2.75, 3.05) is 45.2 Å². The van der Waals surface area contributed by atoms with E-state index in [-0.39, 0.29) is 12.5 Å².